The molecular weight excluding hydrogens is 282 g/mol. The molecule has 0 spiro atoms. The molecule has 2 aliphatic heterocycles. The van der Waals surface area contributed by atoms with E-state index in [1.807, 2.05) is 12.1 Å². The highest BCUT2D eigenvalue weighted by Gasteiger charge is 2.32. The van der Waals surface area contributed by atoms with Gasteiger partial charge in [0.15, 0.2) is 0 Å². The van der Waals surface area contributed by atoms with Gasteiger partial charge in [-0.25, -0.2) is 0 Å². The van der Waals surface area contributed by atoms with Crippen molar-refractivity contribution in [2.45, 2.75) is 25.8 Å². The molecule has 116 valence electrons. The largest absolute Gasteiger partial charge is 0.366 e. The molecule has 0 amide bonds. The minimum absolute atomic E-state index is 0.625. The van der Waals surface area contributed by atoms with Crippen LogP contribution in [0.1, 0.15) is 23.1 Å². The van der Waals surface area contributed by atoms with E-state index in [4.69, 9.17) is 5.26 Å². The Morgan fingerprint density at radius 3 is 2.91 bits per heavy atom. The highest BCUT2D eigenvalue weighted by molar-refractivity contribution is 5.85. The monoisotopic (exact) mass is 303 g/mol. The third-order valence-electron chi connectivity index (χ3n) is 5.13. The van der Waals surface area contributed by atoms with Crippen molar-refractivity contribution >= 4 is 5.69 Å². The van der Waals surface area contributed by atoms with Crippen molar-refractivity contribution in [1.82, 2.24) is 5.32 Å². The Bertz CT molecular complexity index is 788. The van der Waals surface area contributed by atoms with E-state index in [9.17, 15) is 0 Å². The molecule has 0 saturated carbocycles. The van der Waals surface area contributed by atoms with E-state index in [1.54, 1.807) is 0 Å². The van der Waals surface area contributed by atoms with Crippen molar-refractivity contribution in [1.29, 1.82) is 5.26 Å². The number of hydrogen-bond acceptors (Lipinski definition) is 3. The van der Waals surface area contributed by atoms with Crippen molar-refractivity contribution in [3.05, 3.63) is 53.1 Å². The standard InChI is InChI=1S/C20H21N3/c1-14-11-15(13-21)5-6-18(14)19-4-2-3-16-12-17-7-8-22-9-10-23(17)20(16)19/h2-6,11,17,22H,7-10,12H2,1H3. The van der Waals surface area contributed by atoms with Gasteiger partial charge >= 0.3 is 0 Å². The fourth-order valence-corrected chi connectivity index (χ4v) is 4.04. The zero-order chi connectivity index (χ0) is 15.8. The molecule has 4 rings (SSSR count). The van der Waals surface area contributed by atoms with Crippen LogP contribution in [0.3, 0.4) is 0 Å². The molecule has 1 fully saturated rings. The molecule has 3 nitrogen and oxygen atoms in total. The van der Waals surface area contributed by atoms with Crippen LogP contribution in [0.25, 0.3) is 11.1 Å². The molecule has 0 radical (unpaired) electrons. The molecule has 2 aromatic rings. The molecule has 1 saturated heterocycles. The number of aryl methyl sites for hydroxylation is 1. The molecule has 3 heteroatoms. The summed E-state index contributed by atoms with van der Waals surface area (Å²) in [6.07, 6.45) is 2.36. The van der Waals surface area contributed by atoms with Crippen LogP contribution >= 0.6 is 0 Å². The first-order chi connectivity index (χ1) is 11.3. The lowest BCUT2D eigenvalue weighted by Crippen LogP contribution is -2.33. The van der Waals surface area contributed by atoms with Crippen molar-refractivity contribution in [3.63, 3.8) is 0 Å². The van der Waals surface area contributed by atoms with Crippen LogP contribution in [0.15, 0.2) is 36.4 Å². The maximum absolute atomic E-state index is 9.10. The molecular formula is C20H21N3. The van der Waals surface area contributed by atoms with Crippen LogP contribution in [-0.4, -0.2) is 25.7 Å². The Hall–Kier alpha value is -2.31. The van der Waals surface area contributed by atoms with Gasteiger partial charge < -0.3 is 10.2 Å². The summed E-state index contributed by atoms with van der Waals surface area (Å²) in [6.45, 7) is 5.34. The molecule has 23 heavy (non-hydrogen) atoms. The van der Waals surface area contributed by atoms with Crippen molar-refractivity contribution in [2.24, 2.45) is 0 Å². The van der Waals surface area contributed by atoms with E-state index in [2.05, 4.69) is 47.5 Å². The molecule has 1 unspecified atom stereocenters. The first-order valence-electron chi connectivity index (χ1n) is 8.38. The molecule has 0 bridgehead atoms. The number of hydrogen-bond donors (Lipinski definition) is 1. The molecule has 1 atom stereocenters. The number of nitrogens with zero attached hydrogens (tertiary/aromatic N) is 2. The first kappa shape index (κ1) is 14.3. The quantitative estimate of drug-likeness (QED) is 0.879. The van der Waals surface area contributed by atoms with Crippen LogP contribution in [0.2, 0.25) is 0 Å². The number of para-hydroxylation sites is 1. The summed E-state index contributed by atoms with van der Waals surface area (Å²) in [5.41, 5.74) is 7.35. The van der Waals surface area contributed by atoms with Crippen LogP contribution < -0.4 is 10.2 Å². The first-order valence-corrected chi connectivity index (χ1v) is 8.38. The summed E-state index contributed by atoms with van der Waals surface area (Å²) in [6, 6.07) is 15.6. The average Bonchev–Trinajstić information content (AvgIpc) is 2.76. The summed E-state index contributed by atoms with van der Waals surface area (Å²) in [4.78, 5) is 2.60. The van der Waals surface area contributed by atoms with Gasteiger partial charge in [0, 0.05) is 30.4 Å². The van der Waals surface area contributed by atoms with Gasteiger partial charge in [0.25, 0.3) is 0 Å². The zero-order valence-corrected chi connectivity index (χ0v) is 13.5. The summed E-state index contributed by atoms with van der Waals surface area (Å²) in [5.74, 6) is 0. The lowest BCUT2D eigenvalue weighted by molar-refractivity contribution is 0.612. The topological polar surface area (TPSA) is 39.1 Å². The minimum Gasteiger partial charge on any atom is -0.366 e. The number of rotatable bonds is 1. The van der Waals surface area contributed by atoms with Crippen LogP contribution in [0, 0.1) is 18.3 Å². The summed E-state index contributed by atoms with van der Waals surface area (Å²) in [7, 11) is 0. The zero-order valence-electron chi connectivity index (χ0n) is 13.5. The van der Waals surface area contributed by atoms with E-state index >= 15 is 0 Å². The average molecular weight is 303 g/mol. The van der Waals surface area contributed by atoms with Gasteiger partial charge in [-0.2, -0.15) is 5.26 Å². The maximum atomic E-state index is 9.10. The number of nitrogens with one attached hydrogen (secondary N) is 1. The predicted octanol–water partition coefficient (Wildman–Crippen LogP) is 3.26. The third-order valence-corrected chi connectivity index (χ3v) is 5.13. The van der Waals surface area contributed by atoms with Gasteiger partial charge in [-0.15, -0.1) is 0 Å². The van der Waals surface area contributed by atoms with Gasteiger partial charge in [0.2, 0.25) is 0 Å². The Morgan fingerprint density at radius 2 is 2.09 bits per heavy atom. The molecule has 1 N–H and O–H groups in total. The van der Waals surface area contributed by atoms with Crippen LogP contribution in [-0.2, 0) is 6.42 Å². The fourth-order valence-electron chi connectivity index (χ4n) is 4.04. The molecule has 2 aliphatic rings. The van der Waals surface area contributed by atoms with Gasteiger partial charge in [-0.3, -0.25) is 0 Å². The summed E-state index contributed by atoms with van der Waals surface area (Å²) >= 11 is 0. The maximum Gasteiger partial charge on any atom is 0.0991 e. The summed E-state index contributed by atoms with van der Waals surface area (Å²) in [5, 5.41) is 12.6. The second-order valence-electron chi connectivity index (χ2n) is 6.54. The van der Waals surface area contributed by atoms with E-state index in [0.29, 0.717) is 6.04 Å². The van der Waals surface area contributed by atoms with Gasteiger partial charge in [-0.1, -0.05) is 24.3 Å². The Balaban J connectivity index is 1.83. The second-order valence-corrected chi connectivity index (χ2v) is 6.54. The van der Waals surface area contributed by atoms with Gasteiger partial charge in [0.1, 0.15) is 0 Å². The smallest absolute Gasteiger partial charge is 0.0991 e. The van der Waals surface area contributed by atoms with E-state index in [-0.39, 0.29) is 0 Å². The van der Waals surface area contributed by atoms with Crippen LogP contribution in [0.4, 0.5) is 5.69 Å². The van der Waals surface area contributed by atoms with E-state index < -0.39 is 0 Å². The highest BCUT2D eigenvalue weighted by atomic mass is 15.2. The third kappa shape index (κ3) is 2.40. The SMILES string of the molecule is Cc1cc(C#N)ccc1-c1cccc2c1N1CCNCCC1C2. The van der Waals surface area contributed by atoms with E-state index in [0.717, 1.165) is 31.6 Å². The lowest BCUT2D eigenvalue weighted by Gasteiger charge is -2.27. The molecule has 0 aromatic heterocycles. The number of nitriles is 1. The fraction of sp³-hybridized carbons (Fsp3) is 0.350. The van der Waals surface area contributed by atoms with Gasteiger partial charge in [-0.05, 0) is 55.1 Å². The molecule has 2 heterocycles. The molecule has 2 aromatic carbocycles. The Kier molecular flexibility index (Phi) is 3.55. The Labute approximate surface area is 137 Å². The van der Waals surface area contributed by atoms with Crippen molar-refractivity contribution < 1.29 is 0 Å². The minimum atomic E-state index is 0.625. The number of benzene rings is 2. The highest BCUT2D eigenvalue weighted by Crippen LogP contribution is 2.42. The number of anilines is 1. The van der Waals surface area contributed by atoms with Crippen LogP contribution in [0.5, 0.6) is 0 Å². The number of fused-ring (bicyclic) bond motifs is 3. The summed E-state index contributed by atoms with van der Waals surface area (Å²) < 4.78 is 0. The van der Waals surface area contributed by atoms with Gasteiger partial charge in [0.05, 0.1) is 11.6 Å². The second kappa shape index (κ2) is 5.72. The lowest BCUT2D eigenvalue weighted by atomic mass is 9.95. The van der Waals surface area contributed by atoms with Crippen molar-refractivity contribution in [2.75, 3.05) is 24.5 Å². The molecule has 0 aliphatic carbocycles. The Morgan fingerprint density at radius 1 is 1.17 bits per heavy atom. The van der Waals surface area contributed by atoms with Crippen molar-refractivity contribution in [3.8, 4) is 17.2 Å². The predicted molar refractivity (Wildman–Crippen MR) is 93.7 cm³/mol. The van der Waals surface area contributed by atoms with E-state index in [1.165, 1.54) is 34.4 Å². The normalized spacial score (nSPS) is 19.7.